The first kappa shape index (κ1) is 22.2. The molecule has 0 heterocycles. The third-order valence-electron chi connectivity index (χ3n) is 6.36. The molecule has 0 atom stereocenters. The van der Waals surface area contributed by atoms with Crippen LogP contribution in [0.3, 0.4) is 0 Å². The highest BCUT2D eigenvalue weighted by molar-refractivity contribution is 7.89. The van der Waals surface area contributed by atoms with Gasteiger partial charge in [0.1, 0.15) is 0 Å². The van der Waals surface area contributed by atoms with Crippen LogP contribution in [0.4, 0.5) is 5.69 Å². The number of carbonyl (C=O) groups is 1. The zero-order valence-corrected chi connectivity index (χ0v) is 19.0. The van der Waals surface area contributed by atoms with Crippen LogP contribution >= 0.6 is 0 Å². The second-order valence-electron chi connectivity index (χ2n) is 8.28. The van der Waals surface area contributed by atoms with Crippen molar-refractivity contribution in [1.29, 1.82) is 0 Å². The van der Waals surface area contributed by atoms with Gasteiger partial charge in [0.05, 0.1) is 10.3 Å². The van der Waals surface area contributed by atoms with Gasteiger partial charge >= 0.3 is 0 Å². The zero-order valence-electron chi connectivity index (χ0n) is 18.2. The Hall–Kier alpha value is -2.96. The highest BCUT2D eigenvalue weighted by Crippen LogP contribution is 2.40. The second kappa shape index (κ2) is 9.27. The third-order valence-corrected chi connectivity index (χ3v) is 7.79. The van der Waals surface area contributed by atoms with E-state index in [1.165, 1.54) is 7.05 Å². The van der Waals surface area contributed by atoms with E-state index in [1.54, 1.807) is 24.3 Å². The summed E-state index contributed by atoms with van der Waals surface area (Å²) in [6, 6.07) is 24.5. The van der Waals surface area contributed by atoms with E-state index in [2.05, 4.69) is 22.2 Å². The first-order valence-electron chi connectivity index (χ1n) is 11.0. The quantitative estimate of drug-likeness (QED) is 0.551. The van der Waals surface area contributed by atoms with Gasteiger partial charge in [0, 0.05) is 5.69 Å². The van der Waals surface area contributed by atoms with Crippen LogP contribution in [-0.2, 0) is 20.2 Å². The molecule has 166 valence electrons. The van der Waals surface area contributed by atoms with E-state index in [0.29, 0.717) is 0 Å². The molecule has 0 aromatic heterocycles. The van der Waals surface area contributed by atoms with Crippen LogP contribution in [0.2, 0.25) is 0 Å². The first-order valence-corrected chi connectivity index (χ1v) is 12.4. The number of nitrogens with one attached hydrogen (secondary N) is 2. The van der Waals surface area contributed by atoms with Gasteiger partial charge < -0.3 is 5.32 Å². The summed E-state index contributed by atoms with van der Waals surface area (Å²) in [6.45, 7) is 0. The summed E-state index contributed by atoms with van der Waals surface area (Å²) in [4.78, 5) is 13.8. The maximum Gasteiger partial charge on any atom is 0.240 e. The minimum absolute atomic E-state index is 0.0380. The molecule has 1 amide bonds. The van der Waals surface area contributed by atoms with Crippen LogP contribution in [0.5, 0.6) is 0 Å². The largest absolute Gasteiger partial charge is 0.325 e. The highest BCUT2D eigenvalue weighted by atomic mass is 32.2. The molecule has 0 spiro atoms. The summed E-state index contributed by atoms with van der Waals surface area (Å²) in [6.07, 6.45) is 4.96. The van der Waals surface area contributed by atoms with Crippen molar-refractivity contribution in [3.8, 4) is 11.1 Å². The first-order chi connectivity index (χ1) is 15.4. The summed E-state index contributed by atoms with van der Waals surface area (Å²) in [5.41, 5.74) is 3.11. The maximum absolute atomic E-state index is 13.5. The van der Waals surface area contributed by atoms with Crippen molar-refractivity contribution >= 4 is 21.6 Å². The fourth-order valence-electron chi connectivity index (χ4n) is 4.53. The molecule has 32 heavy (non-hydrogen) atoms. The van der Waals surface area contributed by atoms with Crippen LogP contribution in [0, 0.1) is 0 Å². The molecule has 2 N–H and O–H groups in total. The number of hydrogen-bond donors (Lipinski definition) is 2. The van der Waals surface area contributed by atoms with Gasteiger partial charge in [0.15, 0.2) is 0 Å². The van der Waals surface area contributed by atoms with Crippen LogP contribution in [0.15, 0.2) is 83.8 Å². The molecule has 1 aliphatic carbocycles. The normalized spacial score (nSPS) is 15.8. The zero-order chi connectivity index (χ0) is 22.6. The SMILES string of the molecule is CNS(=O)(=O)c1ccc(-c2cccc(NC(=O)C3(c4ccccc4)CCCCC3)c2)cc1. The van der Waals surface area contributed by atoms with Gasteiger partial charge in [-0.2, -0.15) is 0 Å². The number of sulfonamides is 1. The molecule has 0 bridgehead atoms. The number of hydrogen-bond acceptors (Lipinski definition) is 3. The van der Waals surface area contributed by atoms with Crippen molar-refractivity contribution in [3.05, 3.63) is 84.4 Å². The fraction of sp³-hybridized carbons (Fsp3) is 0.269. The number of carbonyl (C=O) groups excluding carboxylic acids is 1. The van der Waals surface area contributed by atoms with Gasteiger partial charge in [-0.25, -0.2) is 13.1 Å². The molecular weight excluding hydrogens is 420 g/mol. The molecule has 6 heteroatoms. The molecule has 1 fully saturated rings. The Morgan fingerprint density at radius 2 is 1.50 bits per heavy atom. The standard InChI is InChI=1S/C26H28N2O3S/c1-27-32(30,31)24-15-13-20(14-16-24)21-9-8-12-23(19-21)28-25(29)26(17-6-3-7-18-26)22-10-4-2-5-11-22/h2,4-5,8-16,19,27H,3,6-7,17-18H2,1H3,(H,28,29). The molecule has 1 saturated carbocycles. The predicted octanol–water partition coefficient (Wildman–Crippen LogP) is 5.10. The Morgan fingerprint density at radius 1 is 0.812 bits per heavy atom. The number of benzene rings is 3. The summed E-state index contributed by atoms with van der Waals surface area (Å²) in [7, 11) is -2.08. The summed E-state index contributed by atoms with van der Waals surface area (Å²) >= 11 is 0. The molecule has 3 aromatic rings. The minimum atomic E-state index is -3.47. The topological polar surface area (TPSA) is 75.3 Å². The van der Waals surface area contributed by atoms with E-state index >= 15 is 0 Å². The lowest BCUT2D eigenvalue weighted by atomic mass is 9.68. The molecule has 0 radical (unpaired) electrons. The van der Waals surface area contributed by atoms with Gasteiger partial charge in [-0.1, -0.05) is 73.9 Å². The maximum atomic E-state index is 13.5. The number of anilines is 1. The fourth-order valence-corrected chi connectivity index (χ4v) is 5.26. The van der Waals surface area contributed by atoms with Crippen molar-refractivity contribution in [2.75, 3.05) is 12.4 Å². The average molecular weight is 449 g/mol. The Bertz CT molecular complexity index is 1180. The Morgan fingerprint density at radius 3 is 2.16 bits per heavy atom. The Labute approximate surface area is 189 Å². The third kappa shape index (κ3) is 4.47. The Balaban J connectivity index is 1.59. The van der Waals surface area contributed by atoms with E-state index in [1.807, 2.05) is 42.5 Å². The molecule has 1 aliphatic rings. The molecular formula is C26H28N2O3S. The summed E-state index contributed by atoms with van der Waals surface area (Å²) in [5.74, 6) is 0.0380. The van der Waals surface area contributed by atoms with E-state index < -0.39 is 15.4 Å². The second-order valence-corrected chi connectivity index (χ2v) is 10.2. The van der Waals surface area contributed by atoms with Crippen LogP contribution in [0.25, 0.3) is 11.1 Å². The van der Waals surface area contributed by atoms with Crippen molar-refractivity contribution in [3.63, 3.8) is 0 Å². The lowest BCUT2D eigenvalue weighted by Crippen LogP contribution is -2.42. The lowest BCUT2D eigenvalue weighted by Gasteiger charge is -2.36. The minimum Gasteiger partial charge on any atom is -0.325 e. The highest BCUT2D eigenvalue weighted by Gasteiger charge is 2.41. The van der Waals surface area contributed by atoms with Gasteiger partial charge in [0.25, 0.3) is 0 Å². The van der Waals surface area contributed by atoms with E-state index in [4.69, 9.17) is 0 Å². The number of amides is 1. The molecule has 0 saturated heterocycles. The molecule has 0 unspecified atom stereocenters. The van der Waals surface area contributed by atoms with Crippen molar-refractivity contribution < 1.29 is 13.2 Å². The average Bonchev–Trinajstić information content (AvgIpc) is 2.85. The van der Waals surface area contributed by atoms with E-state index in [-0.39, 0.29) is 10.8 Å². The number of rotatable bonds is 6. The van der Waals surface area contributed by atoms with Gasteiger partial charge in [-0.05, 0) is 60.8 Å². The van der Waals surface area contributed by atoms with Crippen LogP contribution in [0.1, 0.15) is 37.7 Å². The molecule has 3 aromatic carbocycles. The summed E-state index contributed by atoms with van der Waals surface area (Å²) in [5, 5.41) is 3.16. The summed E-state index contributed by atoms with van der Waals surface area (Å²) < 4.78 is 26.2. The van der Waals surface area contributed by atoms with Crippen molar-refractivity contribution in [2.45, 2.75) is 42.4 Å². The monoisotopic (exact) mass is 448 g/mol. The smallest absolute Gasteiger partial charge is 0.240 e. The van der Waals surface area contributed by atoms with Crippen LogP contribution < -0.4 is 10.0 Å². The molecule has 0 aliphatic heterocycles. The van der Waals surface area contributed by atoms with E-state index in [9.17, 15) is 13.2 Å². The Kier molecular flexibility index (Phi) is 6.44. The van der Waals surface area contributed by atoms with Gasteiger partial charge in [0.2, 0.25) is 15.9 Å². The predicted molar refractivity (Wildman–Crippen MR) is 128 cm³/mol. The van der Waals surface area contributed by atoms with E-state index in [0.717, 1.165) is 54.5 Å². The van der Waals surface area contributed by atoms with Crippen molar-refractivity contribution in [2.24, 2.45) is 0 Å². The molecule has 5 nitrogen and oxygen atoms in total. The van der Waals surface area contributed by atoms with Gasteiger partial charge in [-0.3, -0.25) is 4.79 Å². The molecule has 4 rings (SSSR count). The lowest BCUT2D eigenvalue weighted by molar-refractivity contribution is -0.122. The van der Waals surface area contributed by atoms with Crippen LogP contribution in [-0.4, -0.2) is 21.4 Å². The van der Waals surface area contributed by atoms with Gasteiger partial charge in [-0.15, -0.1) is 0 Å². The van der Waals surface area contributed by atoms with Crippen molar-refractivity contribution in [1.82, 2.24) is 4.72 Å².